The second-order valence-corrected chi connectivity index (χ2v) is 8.82. The Morgan fingerprint density at radius 1 is 1.13 bits per heavy atom. The zero-order valence-corrected chi connectivity index (χ0v) is 15.8. The van der Waals surface area contributed by atoms with Gasteiger partial charge >= 0.3 is 0 Å². The van der Waals surface area contributed by atoms with Gasteiger partial charge in [0, 0.05) is 0 Å². The molecule has 0 aromatic heterocycles. The fraction of sp³-hybridized carbons (Fsp3) is 0.286. The first kappa shape index (κ1) is 18.7. The van der Waals surface area contributed by atoms with E-state index < -0.39 is 25.5 Å². The molecule has 0 unspecified atom stereocenters. The molecule has 0 spiro atoms. The Morgan fingerprint density at radius 3 is 2.17 bits per heavy atom. The number of carbonyl (C=O) groups excluding carboxylic acids is 1. The molecule has 0 radical (unpaired) electrons. The zero-order valence-electron chi connectivity index (χ0n) is 12.0. The van der Waals surface area contributed by atoms with E-state index in [1.165, 1.54) is 19.1 Å². The molecule has 0 N–H and O–H groups in total. The van der Waals surface area contributed by atoms with Crippen molar-refractivity contribution in [1.29, 1.82) is 0 Å². The molecule has 1 aromatic carbocycles. The maximum Gasteiger partial charge on any atom is 0.282 e. The highest BCUT2D eigenvalue weighted by Crippen LogP contribution is 2.41. The molecule has 23 heavy (non-hydrogen) atoms. The molecule has 4 nitrogen and oxygen atoms in total. The summed E-state index contributed by atoms with van der Waals surface area (Å²) in [6.07, 6.45) is 0. The molecule has 1 aliphatic rings. The molecule has 0 fully saturated rings. The van der Waals surface area contributed by atoms with E-state index in [2.05, 4.69) is 4.40 Å². The second-order valence-electron chi connectivity index (χ2n) is 5.02. The Bertz CT molecular complexity index is 826. The number of nitrogens with zero attached hydrogens (tertiary/aromatic N) is 1. The first-order chi connectivity index (χ1) is 10.5. The highest BCUT2D eigenvalue weighted by atomic mass is 35.5. The van der Waals surface area contributed by atoms with Crippen molar-refractivity contribution in [2.45, 2.75) is 28.5 Å². The number of Topliss-reactive ketones (excluding diaryl/α,β-unsaturated/α-hetero) is 1. The highest BCUT2D eigenvalue weighted by Gasteiger charge is 2.50. The van der Waals surface area contributed by atoms with Gasteiger partial charge in [-0.05, 0) is 31.6 Å². The van der Waals surface area contributed by atoms with Crippen molar-refractivity contribution in [3.63, 3.8) is 0 Å². The fourth-order valence-electron chi connectivity index (χ4n) is 1.91. The van der Waals surface area contributed by atoms with Gasteiger partial charge in [-0.25, -0.2) is 0 Å². The van der Waals surface area contributed by atoms with E-state index in [0.717, 1.165) is 5.56 Å². The van der Waals surface area contributed by atoms with Crippen molar-refractivity contribution < 1.29 is 13.2 Å². The van der Waals surface area contributed by atoms with Gasteiger partial charge in [0.2, 0.25) is 10.1 Å². The number of carbonyl (C=O) groups is 1. The summed E-state index contributed by atoms with van der Waals surface area (Å²) in [5.74, 6) is -0.785. The maximum absolute atomic E-state index is 12.4. The number of aryl methyl sites for hydroxylation is 1. The Labute approximate surface area is 154 Å². The predicted molar refractivity (Wildman–Crippen MR) is 93.4 cm³/mol. The lowest BCUT2D eigenvalue weighted by Crippen LogP contribution is -2.46. The van der Waals surface area contributed by atoms with Gasteiger partial charge in [-0.2, -0.15) is 12.8 Å². The fourth-order valence-corrected chi connectivity index (χ4v) is 4.11. The zero-order chi connectivity index (χ0) is 17.6. The van der Waals surface area contributed by atoms with E-state index in [4.69, 9.17) is 46.4 Å². The van der Waals surface area contributed by atoms with Crippen LogP contribution in [0.3, 0.4) is 0 Å². The lowest BCUT2D eigenvalue weighted by Gasteiger charge is -2.30. The van der Waals surface area contributed by atoms with Crippen LogP contribution >= 0.6 is 46.4 Å². The molecule has 0 heterocycles. The number of allylic oxidation sites excluding steroid dienone is 2. The Morgan fingerprint density at radius 2 is 1.65 bits per heavy atom. The van der Waals surface area contributed by atoms with Crippen LogP contribution < -0.4 is 0 Å². The Hall–Kier alpha value is -0.590. The minimum absolute atomic E-state index is 0.0185. The highest BCUT2D eigenvalue weighted by molar-refractivity contribution is 7.90. The van der Waals surface area contributed by atoms with E-state index >= 15 is 0 Å². The average molecular weight is 415 g/mol. The number of benzene rings is 1. The number of halogens is 4. The van der Waals surface area contributed by atoms with Gasteiger partial charge < -0.3 is 0 Å². The van der Waals surface area contributed by atoms with Crippen molar-refractivity contribution >= 4 is 67.9 Å². The van der Waals surface area contributed by atoms with Gasteiger partial charge in [-0.15, -0.1) is 11.6 Å². The molecule has 9 heteroatoms. The summed E-state index contributed by atoms with van der Waals surface area (Å²) >= 11 is 23.8. The lowest BCUT2D eigenvalue weighted by molar-refractivity contribution is -0.115. The molecule has 0 amide bonds. The van der Waals surface area contributed by atoms with Crippen molar-refractivity contribution in [2.24, 2.45) is 4.40 Å². The summed E-state index contributed by atoms with van der Waals surface area (Å²) in [6, 6.07) is 6.11. The van der Waals surface area contributed by atoms with Crippen LogP contribution in [0.15, 0.2) is 44.2 Å². The van der Waals surface area contributed by atoms with Crippen LogP contribution in [0.25, 0.3) is 0 Å². The van der Waals surface area contributed by atoms with Crippen LogP contribution in [-0.2, 0) is 14.8 Å². The standard InChI is InChI=1S/C14H11Cl4NO3S/c1-7-3-5-9(6-4-7)23(21,22)19-11-8(2)10(15)13(20)14(17,18)12(11)16/h3-6,12H,1-2H3/t12-/m1/s1. The number of sulfonamides is 1. The third-order valence-corrected chi connectivity index (χ3v) is 6.61. The molecule has 0 bridgehead atoms. The molecule has 1 aliphatic carbocycles. The predicted octanol–water partition coefficient (Wildman–Crippen LogP) is 4.00. The molecular weight excluding hydrogens is 404 g/mol. The van der Waals surface area contributed by atoms with E-state index in [-0.39, 0.29) is 21.2 Å². The Kier molecular flexibility index (Phi) is 5.19. The van der Waals surface area contributed by atoms with E-state index in [0.29, 0.717) is 0 Å². The number of hydrogen-bond acceptors (Lipinski definition) is 3. The number of ketones is 1. The third-order valence-electron chi connectivity index (χ3n) is 3.31. The summed E-state index contributed by atoms with van der Waals surface area (Å²) in [6.45, 7) is 3.26. The van der Waals surface area contributed by atoms with E-state index in [9.17, 15) is 13.2 Å². The van der Waals surface area contributed by atoms with E-state index in [1.54, 1.807) is 12.1 Å². The smallest absolute Gasteiger partial charge is 0.282 e. The molecule has 124 valence electrons. The van der Waals surface area contributed by atoms with Crippen molar-refractivity contribution in [3.8, 4) is 0 Å². The monoisotopic (exact) mass is 413 g/mol. The van der Waals surface area contributed by atoms with Crippen LogP contribution in [0.1, 0.15) is 12.5 Å². The third kappa shape index (κ3) is 3.44. The van der Waals surface area contributed by atoms with Crippen molar-refractivity contribution in [2.75, 3.05) is 0 Å². The molecule has 0 aliphatic heterocycles. The van der Waals surface area contributed by atoms with E-state index in [1.807, 2.05) is 6.92 Å². The molecule has 2 rings (SSSR count). The lowest BCUT2D eigenvalue weighted by atomic mass is 9.96. The maximum atomic E-state index is 12.4. The second kappa shape index (κ2) is 6.37. The topological polar surface area (TPSA) is 63.6 Å². The number of hydrogen-bond donors (Lipinski definition) is 0. The number of alkyl halides is 3. The average Bonchev–Trinajstić information content (AvgIpc) is 2.49. The first-order valence-electron chi connectivity index (χ1n) is 6.33. The minimum atomic E-state index is -4.05. The van der Waals surface area contributed by atoms with Crippen LogP contribution in [0.5, 0.6) is 0 Å². The summed E-state index contributed by atoms with van der Waals surface area (Å²) in [4.78, 5) is 11.9. The van der Waals surface area contributed by atoms with Crippen LogP contribution in [0.2, 0.25) is 0 Å². The Balaban J connectivity index is 2.61. The van der Waals surface area contributed by atoms with Gasteiger partial charge in [0.15, 0.2) is 0 Å². The van der Waals surface area contributed by atoms with Crippen LogP contribution in [-0.4, -0.2) is 29.6 Å². The summed E-state index contributed by atoms with van der Waals surface area (Å²) in [7, 11) is -4.05. The van der Waals surface area contributed by atoms with Gasteiger partial charge in [-0.3, -0.25) is 4.79 Å². The molecular formula is C14H11Cl4NO3S. The minimum Gasteiger partial charge on any atom is -0.290 e. The van der Waals surface area contributed by atoms with Crippen molar-refractivity contribution in [1.82, 2.24) is 0 Å². The van der Waals surface area contributed by atoms with Crippen molar-refractivity contribution in [3.05, 3.63) is 40.4 Å². The largest absolute Gasteiger partial charge is 0.290 e. The quantitative estimate of drug-likeness (QED) is 0.687. The van der Waals surface area contributed by atoms with Crippen LogP contribution in [0, 0.1) is 6.92 Å². The summed E-state index contributed by atoms with van der Waals surface area (Å²) in [5.41, 5.74) is 0.876. The van der Waals surface area contributed by atoms with Gasteiger partial charge in [0.05, 0.1) is 15.6 Å². The molecule has 0 saturated carbocycles. The van der Waals surface area contributed by atoms with Gasteiger partial charge in [-0.1, -0.05) is 52.5 Å². The molecule has 1 atom stereocenters. The number of rotatable bonds is 2. The summed E-state index contributed by atoms with van der Waals surface area (Å²) < 4.78 is 26.5. The van der Waals surface area contributed by atoms with Gasteiger partial charge in [0.1, 0.15) is 5.38 Å². The normalized spacial score (nSPS) is 23.5. The summed E-state index contributed by atoms with van der Waals surface area (Å²) in [5, 5.41) is -1.63. The molecule has 1 aromatic rings. The SMILES string of the molecule is CC1=C(Cl)C(=O)C(Cl)(Cl)[C@H](Cl)C1=NS(=O)(=O)c1ccc(C)cc1. The first-order valence-corrected chi connectivity index (χ1v) is 9.34. The molecule has 0 saturated heterocycles. The van der Waals surface area contributed by atoms with Crippen LogP contribution in [0.4, 0.5) is 0 Å². The van der Waals surface area contributed by atoms with Gasteiger partial charge in [0.25, 0.3) is 10.0 Å².